The Bertz CT molecular complexity index is 502. The number of rotatable bonds is 6. The predicted octanol–water partition coefficient (Wildman–Crippen LogP) is 0.213. The van der Waals surface area contributed by atoms with Crippen molar-refractivity contribution in [2.45, 2.75) is 6.54 Å². The Kier molecular flexibility index (Phi) is 6.29. The number of aliphatic hydroxyl groups excluding tert-OH is 1. The van der Waals surface area contributed by atoms with E-state index in [-0.39, 0.29) is 13.2 Å². The lowest BCUT2D eigenvalue weighted by molar-refractivity contribution is 0.0674. The second-order valence-electron chi connectivity index (χ2n) is 4.83. The monoisotopic (exact) mass is 309 g/mol. The first kappa shape index (κ1) is 16.4. The molecule has 0 aromatic heterocycles. The summed E-state index contributed by atoms with van der Waals surface area (Å²) in [5.74, 6) is 1.75. The molecule has 1 aromatic carbocycles. The molecule has 0 unspecified atom stereocenters. The van der Waals surface area contributed by atoms with Gasteiger partial charge in [-0.2, -0.15) is 0 Å². The zero-order valence-electron chi connectivity index (χ0n) is 12.8. The van der Waals surface area contributed by atoms with E-state index >= 15 is 0 Å². The van der Waals surface area contributed by atoms with Crippen molar-refractivity contribution in [3.05, 3.63) is 23.8 Å². The van der Waals surface area contributed by atoms with E-state index in [9.17, 15) is 0 Å². The van der Waals surface area contributed by atoms with E-state index in [0.29, 0.717) is 37.2 Å². The van der Waals surface area contributed by atoms with Gasteiger partial charge in [0.15, 0.2) is 17.5 Å². The van der Waals surface area contributed by atoms with Crippen LogP contribution < -0.4 is 15.2 Å². The molecule has 122 valence electrons. The van der Waals surface area contributed by atoms with Crippen molar-refractivity contribution < 1.29 is 19.3 Å². The van der Waals surface area contributed by atoms with Gasteiger partial charge in [-0.25, -0.2) is 4.99 Å². The van der Waals surface area contributed by atoms with Gasteiger partial charge in [0.25, 0.3) is 0 Å². The zero-order valence-corrected chi connectivity index (χ0v) is 12.8. The Morgan fingerprint density at radius 3 is 2.82 bits per heavy atom. The Hall–Kier alpha value is -1.99. The summed E-state index contributed by atoms with van der Waals surface area (Å²) in [6, 6.07) is 5.58. The standard InChI is InChI=1S/C15H23N3O4/c1-20-14-10-12(2-3-13(14)22-9-6-19)11-17-15(16)18-4-7-21-8-5-18/h2-3,10,19H,4-9,11H2,1H3,(H2,16,17). The fourth-order valence-electron chi connectivity index (χ4n) is 2.15. The zero-order chi connectivity index (χ0) is 15.8. The van der Waals surface area contributed by atoms with Crippen molar-refractivity contribution in [2.24, 2.45) is 10.7 Å². The molecule has 3 N–H and O–H groups in total. The van der Waals surface area contributed by atoms with Gasteiger partial charge in [0.1, 0.15) is 6.61 Å². The highest BCUT2D eigenvalue weighted by molar-refractivity contribution is 5.78. The molecule has 1 aromatic rings. The average molecular weight is 309 g/mol. The SMILES string of the molecule is COc1cc(CN=C(N)N2CCOCC2)ccc1OCCO. The number of ether oxygens (including phenoxy) is 3. The van der Waals surface area contributed by atoms with Crippen LogP contribution in [-0.4, -0.2) is 62.6 Å². The van der Waals surface area contributed by atoms with Crippen LogP contribution in [0, 0.1) is 0 Å². The predicted molar refractivity (Wildman–Crippen MR) is 83.3 cm³/mol. The lowest BCUT2D eigenvalue weighted by Crippen LogP contribution is -2.44. The minimum absolute atomic E-state index is 0.0364. The van der Waals surface area contributed by atoms with Crippen molar-refractivity contribution in [1.29, 1.82) is 0 Å². The summed E-state index contributed by atoms with van der Waals surface area (Å²) in [6.07, 6.45) is 0. The first-order valence-corrected chi connectivity index (χ1v) is 7.27. The largest absolute Gasteiger partial charge is 0.493 e. The molecule has 2 rings (SSSR count). The molecule has 1 aliphatic rings. The van der Waals surface area contributed by atoms with Crippen molar-refractivity contribution >= 4 is 5.96 Å². The van der Waals surface area contributed by atoms with E-state index in [1.165, 1.54) is 0 Å². The van der Waals surface area contributed by atoms with E-state index in [4.69, 9.17) is 25.1 Å². The summed E-state index contributed by atoms with van der Waals surface area (Å²) >= 11 is 0. The van der Waals surface area contributed by atoms with Gasteiger partial charge >= 0.3 is 0 Å². The summed E-state index contributed by atoms with van der Waals surface area (Å²) in [4.78, 5) is 6.43. The van der Waals surface area contributed by atoms with Gasteiger partial charge in [-0.15, -0.1) is 0 Å². The van der Waals surface area contributed by atoms with Crippen LogP contribution in [0.4, 0.5) is 0 Å². The summed E-state index contributed by atoms with van der Waals surface area (Å²) < 4.78 is 16.0. The second kappa shape index (κ2) is 8.45. The first-order chi connectivity index (χ1) is 10.7. The van der Waals surface area contributed by atoms with Crippen LogP contribution in [0.1, 0.15) is 5.56 Å². The summed E-state index contributed by atoms with van der Waals surface area (Å²) in [7, 11) is 1.58. The van der Waals surface area contributed by atoms with Gasteiger partial charge in [-0.1, -0.05) is 6.07 Å². The fourth-order valence-corrected chi connectivity index (χ4v) is 2.15. The maximum absolute atomic E-state index is 8.80. The van der Waals surface area contributed by atoms with Gasteiger partial charge in [0, 0.05) is 13.1 Å². The van der Waals surface area contributed by atoms with Crippen LogP contribution in [0.25, 0.3) is 0 Å². The van der Waals surface area contributed by atoms with Crippen LogP contribution in [0.3, 0.4) is 0 Å². The van der Waals surface area contributed by atoms with Crippen LogP contribution in [0.2, 0.25) is 0 Å². The van der Waals surface area contributed by atoms with Gasteiger partial charge in [0.2, 0.25) is 0 Å². The molecule has 1 heterocycles. The Labute approximate surface area is 130 Å². The quantitative estimate of drug-likeness (QED) is 0.577. The number of hydrogen-bond acceptors (Lipinski definition) is 5. The molecular weight excluding hydrogens is 286 g/mol. The van der Waals surface area contributed by atoms with Gasteiger partial charge in [0.05, 0.1) is 33.5 Å². The van der Waals surface area contributed by atoms with Gasteiger partial charge in [-0.05, 0) is 17.7 Å². The maximum atomic E-state index is 8.80. The highest BCUT2D eigenvalue weighted by atomic mass is 16.5. The highest BCUT2D eigenvalue weighted by Gasteiger charge is 2.12. The molecule has 0 amide bonds. The summed E-state index contributed by atoms with van der Waals surface area (Å²) in [5.41, 5.74) is 6.98. The molecule has 22 heavy (non-hydrogen) atoms. The van der Waals surface area contributed by atoms with Crippen molar-refractivity contribution in [2.75, 3.05) is 46.6 Å². The molecule has 1 aliphatic heterocycles. The maximum Gasteiger partial charge on any atom is 0.191 e. The number of nitrogens with two attached hydrogens (primary N) is 1. The third kappa shape index (κ3) is 4.51. The molecule has 0 spiro atoms. The minimum atomic E-state index is -0.0364. The number of aliphatic imine (C=N–C) groups is 1. The molecule has 0 atom stereocenters. The number of benzene rings is 1. The molecule has 0 aliphatic carbocycles. The topological polar surface area (TPSA) is 89.5 Å². The molecule has 0 bridgehead atoms. The van der Waals surface area contributed by atoms with Crippen LogP contribution >= 0.6 is 0 Å². The molecular formula is C15H23N3O4. The molecule has 7 nitrogen and oxygen atoms in total. The number of hydrogen-bond donors (Lipinski definition) is 2. The molecule has 0 saturated carbocycles. The number of guanidine groups is 1. The van der Waals surface area contributed by atoms with E-state index in [1.54, 1.807) is 7.11 Å². The summed E-state index contributed by atoms with van der Waals surface area (Å²) in [5, 5.41) is 8.80. The first-order valence-electron chi connectivity index (χ1n) is 7.27. The second-order valence-corrected chi connectivity index (χ2v) is 4.83. The lowest BCUT2D eigenvalue weighted by Gasteiger charge is -2.27. The Balaban J connectivity index is 1.99. The van der Waals surface area contributed by atoms with E-state index in [1.807, 2.05) is 23.1 Å². The van der Waals surface area contributed by atoms with Crippen molar-refractivity contribution in [3.8, 4) is 11.5 Å². The van der Waals surface area contributed by atoms with E-state index < -0.39 is 0 Å². The fraction of sp³-hybridized carbons (Fsp3) is 0.533. The molecule has 1 fully saturated rings. The smallest absolute Gasteiger partial charge is 0.191 e. The van der Waals surface area contributed by atoms with E-state index in [0.717, 1.165) is 18.7 Å². The Morgan fingerprint density at radius 1 is 1.36 bits per heavy atom. The minimum Gasteiger partial charge on any atom is -0.493 e. The number of methoxy groups -OCH3 is 1. The third-order valence-electron chi connectivity index (χ3n) is 3.34. The third-order valence-corrected chi connectivity index (χ3v) is 3.34. The average Bonchev–Trinajstić information content (AvgIpc) is 2.58. The van der Waals surface area contributed by atoms with Crippen LogP contribution in [-0.2, 0) is 11.3 Å². The number of morpholine rings is 1. The lowest BCUT2D eigenvalue weighted by atomic mass is 10.2. The normalized spacial score (nSPS) is 15.7. The van der Waals surface area contributed by atoms with Crippen molar-refractivity contribution in [1.82, 2.24) is 4.90 Å². The van der Waals surface area contributed by atoms with Crippen molar-refractivity contribution in [3.63, 3.8) is 0 Å². The van der Waals surface area contributed by atoms with Crippen LogP contribution in [0.5, 0.6) is 11.5 Å². The number of aliphatic hydroxyl groups is 1. The van der Waals surface area contributed by atoms with Gasteiger partial charge < -0.3 is 30.0 Å². The Morgan fingerprint density at radius 2 is 2.14 bits per heavy atom. The van der Waals surface area contributed by atoms with Crippen LogP contribution in [0.15, 0.2) is 23.2 Å². The molecule has 1 saturated heterocycles. The molecule has 0 radical (unpaired) electrons. The van der Waals surface area contributed by atoms with Gasteiger partial charge in [-0.3, -0.25) is 0 Å². The number of nitrogens with zero attached hydrogens (tertiary/aromatic N) is 2. The highest BCUT2D eigenvalue weighted by Crippen LogP contribution is 2.28. The molecule has 7 heteroatoms. The summed E-state index contributed by atoms with van der Waals surface area (Å²) in [6.45, 7) is 3.57. The van der Waals surface area contributed by atoms with E-state index in [2.05, 4.69) is 4.99 Å².